The summed E-state index contributed by atoms with van der Waals surface area (Å²) in [4.78, 5) is 4.84. The molecule has 0 aromatic rings. The first-order valence-corrected chi connectivity index (χ1v) is 7.17. The molecule has 1 N–H and O–H groups in total. The van der Waals surface area contributed by atoms with E-state index in [9.17, 15) is 13.2 Å². The van der Waals surface area contributed by atoms with E-state index in [0.29, 0.717) is 6.04 Å². The molecule has 0 amide bonds. The molecule has 1 aliphatic carbocycles. The highest BCUT2D eigenvalue weighted by Crippen LogP contribution is 2.24. The fourth-order valence-corrected chi connectivity index (χ4v) is 3.09. The lowest BCUT2D eigenvalue weighted by Crippen LogP contribution is -2.51. The zero-order chi connectivity index (χ0) is 13.9. The van der Waals surface area contributed by atoms with Crippen LogP contribution in [-0.2, 0) is 0 Å². The Kier molecular flexibility index (Phi) is 5.09. The van der Waals surface area contributed by atoms with E-state index in [0.717, 1.165) is 51.9 Å². The smallest absolute Gasteiger partial charge is 0.306 e. The first kappa shape index (κ1) is 15.1. The van der Waals surface area contributed by atoms with Crippen LogP contribution in [0.2, 0.25) is 0 Å². The molecule has 1 aliphatic heterocycles. The summed E-state index contributed by atoms with van der Waals surface area (Å²) in [5, 5.41) is 2.64. The van der Waals surface area contributed by atoms with E-state index < -0.39 is 12.7 Å². The van der Waals surface area contributed by atoms with E-state index in [1.807, 2.05) is 0 Å². The lowest BCUT2D eigenvalue weighted by atomic mass is 9.90. The molecule has 6 heteroatoms. The molecule has 2 fully saturated rings. The fraction of sp³-hybridized carbons (Fsp3) is 1.00. The van der Waals surface area contributed by atoms with Gasteiger partial charge in [-0.25, -0.2) is 0 Å². The summed E-state index contributed by atoms with van der Waals surface area (Å²) in [6.07, 6.45) is -0.299. The molecule has 1 saturated carbocycles. The van der Waals surface area contributed by atoms with E-state index in [1.54, 1.807) is 0 Å². The van der Waals surface area contributed by atoms with Crippen LogP contribution in [0.15, 0.2) is 0 Å². The van der Waals surface area contributed by atoms with Crippen LogP contribution in [0, 0.1) is 0 Å². The highest BCUT2D eigenvalue weighted by molar-refractivity contribution is 4.85. The summed E-state index contributed by atoms with van der Waals surface area (Å²) in [7, 11) is 2.13. The summed E-state index contributed by atoms with van der Waals surface area (Å²) in [5.41, 5.74) is 0. The average molecular weight is 279 g/mol. The van der Waals surface area contributed by atoms with Crippen molar-refractivity contribution in [3.8, 4) is 0 Å². The van der Waals surface area contributed by atoms with E-state index in [2.05, 4.69) is 22.2 Å². The fourth-order valence-electron chi connectivity index (χ4n) is 3.09. The third-order valence-electron chi connectivity index (χ3n) is 4.34. The number of rotatable bonds is 3. The van der Waals surface area contributed by atoms with Gasteiger partial charge in [0, 0.05) is 38.3 Å². The highest BCUT2D eigenvalue weighted by atomic mass is 19.4. The molecule has 19 heavy (non-hydrogen) atoms. The van der Waals surface area contributed by atoms with Crippen molar-refractivity contribution in [1.29, 1.82) is 0 Å². The first-order valence-electron chi connectivity index (χ1n) is 7.17. The largest absolute Gasteiger partial charge is 0.401 e. The lowest BCUT2D eigenvalue weighted by molar-refractivity contribution is -0.126. The average Bonchev–Trinajstić information content (AvgIpc) is 2.37. The van der Waals surface area contributed by atoms with Crippen LogP contribution in [0.25, 0.3) is 0 Å². The molecule has 2 aliphatic rings. The second-order valence-electron chi connectivity index (χ2n) is 5.84. The number of piperazine rings is 1. The zero-order valence-corrected chi connectivity index (χ0v) is 11.5. The van der Waals surface area contributed by atoms with Crippen molar-refractivity contribution >= 4 is 0 Å². The van der Waals surface area contributed by atoms with E-state index in [-0.39, 0.29) is 6.04 Å². The summed E-state index contributed by atoms with van der Waals surface area (Å²) < 4.78 is 36.4. The van der Waals surface area contributed by atoms with Gasteiger partial charge in [0.1, 0.15) is 0 Å². The van der Waals surface area contributed by atoms with Crippen molar-refractivity contribution < 1.29 is 13.2 Å². The molecule has 0 atom stereocenters. The topological polar surface area (TPSA) is 18.5 Å². The number of nitrogens with zero attached hydrogens (tertiary/aromatic N) is 2. The maximum Gasteiger partial charge on any atom is 0.401 e. The molecular weight excluding hydrogens is 255 g/mol. The summed E-state index contributed by atoms with van der Waals surface area (Å²) in [6, 6.07) is 0.628. The Morgan fingerprint density at radius 1 is 1.00 bits per heavy atom. The Balaban J connectivity index is 1.67. The van der Waals surface area contributed by atoms with Gasteiger partial charge in [-0.1, -0.05) is 0 Å². The van der Waals surface area contributed by atoms with Crippen molar-refractivity contribution in [2.24, 2.45) is 0 Å². The second kappa shape index (κ2) is 6.41. The highest BCUT2D eigenvalue weighted by Gasteiger charge is 2.31. The number of halogens is 3. The Morgan fingerprint density at radius 2 is 1.58 bits per heavy atom. The SMILES string of the molecule is CN1CCN([C@H]2CC[C@@H](NCC(F)(F)F)CC2)CC1. The van der Waals surface area contributed by atoms with Gasteiger partial charge >= 0.3 is 6.18 Å². The monoisotopic (exact) mass is 279 g/mol. The summed E-state index contributed by atoms with van der Waals surface area (Å²) in [6.45, 7) is 3.55. The van der Waals surface area contributed by atoms with Gasteiger partial charge < -0.3 is 10.2 Å². The van der Waals surface area contributed by atoms with Crippen molar-refractivity contribution in [2.45, 2.75) is 43.9 Å². The lowest BCUT2D eigenvalue weighted by Gasteiger charge is -2.41. The molecule has 0 aromatic heterocycles. The zero-order valence-electron chi connectivity index (χ0n) is 11.5. The predicted molar refractivity (Wildman–Crippen MR) is 69.2 cm³/mol. The maximum absolute atomic E-state index is 12.1. The molecule has 3 nitrogen and oxygen atoms in total. The van der Waals surface area contributed by atoms with Crippen LogP contribution in [0.5, 0.6) is 0 Å². The number of alkyl halides is 3. The van der Waals surface area contributed by atoms with Crippen molar-refractivity contribution in [3.63, 3.8) is 0 Å². The third kappa shape index (κ3) is 4.93. The number of hydrogen-bond acceptors (Lipinski definition) is 3. The molecule has 0 unspecified atom stereocenters. The predicted octanol–water partition coefficient (Wildman–Crippen LogP) is 1.70. The Hall–Kier alpha value is -0.330. The van der Waals surface area contributed by atoms with Crippen molar-refractivity contribution in [1.82, 2.24) is 15.1 Å². The van der Waals surface area contributed by atoms with E-state index >= 15 is 0 Å². The van der Waals surface area contributed by atoms with Crippen molar-refractivity contribution in [2.75, 3.05) is 39.8 Å². The molecule has 112 valence electrons. The third-order valence-corrected chi connectivity index (χ3v) is 4.34. The van der Waals surface area contributed by atoms with Gasteiger partial charge in [0.15, 0.2) is 0 Å². The number of hydrogen-bond donors (Lipinski definition) is 1. The molecule has 0 aromatic carbocycles. The Labute approximate surface area is 113 Å². The molecular formula is C13H24F3N3. The minimum atomic E-state index is -4.09. The van der Waals surface area contributed by atoms with Gasteiger partial charge in [0.2, 0.25) is 0 Å². The Morgan fingerprint density at radius 3 is 2.11 bits per heavy atom. The normalized spacial score (nSPS) is 31.6. The molecule has 0 spiro atoms. The molecule has 0 radical (unpaired) electrons. The molecule has 1 saturated heterocycles. The summed E-state index contributed by atoms with van der Waals surface area (Å²) in [5.74, 6) is 0. The van der Waals surface area contributed by atoms with Crippen LogP contribution < -0.4 is 5.32 Å². The molecule has 1 heterocycles. The van der Waals surface area contributed by atoms with E-state index in [1.165, 1.54) is 0 Å². The molecule has 2 rings (SSSR count). The number of likely N-dealkylation sites (N-methyl/N-ethyl adjacent to an activating group) is 1. The van der Waals surface area contributed by atoms with Crippen molar-refractivity contribution in [3.05, 3.63) is 0 Å². The van der Waals surface area contributed by atoms with Gasteiger partial charge in [-0.15, -0.1) is 0 Å². The van der Waals surface area contributed by atoms with Gasteiger partial charge in [-0.05, 0) is 32.7 Å². The summed E-state index contributed by atoms with van der Waals surface area (Å²) >= 11 is 0. The minimum absolute atomic E-state index is 0.0466. The van der Waals surface area contributed by atoms with Crippen LogP contribution >= 0.6 is 0 Å². The van der Waals surface area contributed by atoms with Crippen LogP contribution in [0.1, 0.15) is 25.7 Å². The second-order valence-corrected chi connectivity index (χ2v) is 5.84. The first-order chi connectivity index (χ1) is 8.94. The van der Waals surface area contributed by atoms with Crippen LogP contribution in [0.4, 0.5) is 13.2 Å². The van der Waals surface area contributed by atoms with Gasteiger partial charge in [-0.3, -0.25) is 4.90 Å². The van der Waals surface area contributed by atoms with Gasteiger partial charge in [0.25, 0.3) is 0 Å². The van der Waals surface area contributed by atoms with Crippen LogP contribution in [0.3, 0.4) is 0 Å². The van der Waals surface area contributed by atoms with Gasteiger partial charge in [-0.2, -0.15) is 13.2 Å². The van der Waals surface area contributed by atoms with Gasteiger partial charge in [0.05, 0.1) is 6.54 Å². The maximum atomic E-state index is 12.1. The minimum Gasteiger partial charge on any atom is -0.306 e. The molecule has 0 bridgehead atoms. The van der Waals surface area contributed by atoms with E-state index in [4.69, 9.17) is 0 Å². The number of nitrogens with one attached hydrogen (secondary N) is 1. The Bertz CT molecular complexity index is 267. The van der Waals surface area contributed by atoms with Crippen LogP contribution in [-0.4, -0.2) is 67.8 Å². The quantitative estimate of drug-likeness (QED) is 0.848. The standard InChI is InChI=1S/C13H24F3N3/c1-18-6-8-19(9-7-18)12-4-2-11(3-5-12)17-10-13(14,15)16/h11-12,17H,2-10H2,1H3/t11-,12+.